The Labute approximate surface area is 67.5 Å². The van der Waals surface area contributed by atoms with Gasteiger partial charge in [0.1, 0.15) is 5.92 Å². The Morgan fingerprint density at radius 3 is 2.36 bits per heavy atom. The lowest BCUT2D eigenvalue weighted by atomic mass is 10.00. The minimum atomic E-state index is -2.78. The van der Waals surface area contributed by atoms with Gasteiger partial charge in [0.05, 0.1) is 0 Å². The van der Waals surface area contributed by atoms with Crippen molar-refractivity contribution in [1.29, 1.82) is 0 Å². The molecule has 61 valence electrons. The van der Waals surface area contributed by atoms with Crippen molar-refractivity contribution < 1.29 is 13.6 Å². The highest BCUT2D eigenvalue weighted by atomic mass is 32.2. The summed E-state index contributed by atoms with van der Waals surface area (Å²) in [5, 5.41) is -0.339. The third-order valence-corrected chi connectivity index (χ3v) is 3.15. The minimum absolute atomic E-state index is 0.274. The highest BCUT2D eigenvalue weighted by Crippen LogP contribution is 2.53. The summed E-state index contributed by atoms with van der Waals surface area (Å²) in [5.74, 6) is -3.20. The van der Waals surface area contributed by atoms with Gasteiger partial charge in [-0.2, -0.15) is 0 Å². The van der Waals surface area contributed by atoms with Crippen molar-refractivity contribution >= 4 is 16.9 Å². The molecule has 1 radical (unpaired) electrons. The normalized spacial score (nSPS) is 31.8. The van der Waals surface area contributed by atoms with Gasteiger partial charge in [-0.25, -0.2) is 8.78 Å². The third-order valence-electron chi connectivity index (χ3n) is 2.09. The van der Waals surface area contributed by atoms with Crippen LogP contribution in [0.5, 0.6) is 0 Å². The zero-order valence-corrected chi connectivity index (χ0v) is 6.59. The molecule has 0 spiro atoms. The van der Waals surface area contributed by atoms with Crippen LogP contribution in [0.25, 0.3) is 0 Å². The van der Waals surface area contributed by atoms with E-state index in [0.29, 0.717) is 18.6 Å². The molecule has 2 rings (SSSR count). The minimum Gasteiger partial charge on any atom is -0.287 e. The summed E-state index contributed by atoms with van der Waals surface area (Å²) in [4.78, 5) is 10.7. The van der Waals surface area contributed by atoms with Crippen LogP contribution in [-0.2, 0) is 4.79 Å². The molecular weight excluding hydrogens is 170 g/mol. The summed E-state index contributed by atoms with van der Waals surface area (Å²) in [7, 11) is 0. The Morgan fingerprint density at radius 1 is 1.45 bits per heavy atom. The van der Waals surface area contributed by atoms with E-state index in [9.17, 15) is 13.6 Å². The molecule has 1 atom stereocenters. The van der Waals surface area contributed by atoms with Crippen molar-refractivity contribution in [3.8, 4) is 0 Å². The van der Waals surface area contributed by atoms with Gasteiger partial charge >= 0.3 is 0 Å². The molecule has 0 aromatic heterocycles. The molecule has 0 bridgehead atoms. The molecule has 2 aliphatic rings. The monoisotopic (exact) mass is 177 g/mol. The van der Waals surface area contributed by atoms with Crippen LogP contribution in [0.2, 0.25) is 0 Å². The Morgan fingerprint density at radius 2 is 2.09 bits per heavy atom. The average molecular weight is 177 g/mol. The van der Waals surface area contributed by atoms with Gasteiger partial charge in [-0.3, -0.25) is 4.79 Å². The van der Waals surface area contributed by atoms with E-state index in [1.807, 2.05) is 0 Å². The summed E-state index contributed by atoms with van der Waals surface area (Å²) in [5.41, 5.74) is 0. The zero-order valence-electron chi connectivity index (χ0n) is 5.77. The van der Waals surface area contributed by atoms with Crippen molar-refractivity contribution in [3.05, 3.63) is 5.92 Å². The maximum atomic E-state index is 13.0. The Bertz CT molecular complexity index is 201. The fourth-order valence-corrected chi connectivity index (χ4v) is 1.96. The molecule has 1 saturated heterocycles. The quantitative estimate of drug-likeness (QED) is 0.640. The SMILES string of the molecule is O=C1SCC1C(F)(F)[C]1CC1. The number of halogens is 2. The zero-order chi connectivity index (χ0) is 8.06. The Kier molecular flexibility index (Phi) is 1.50. The molecule has 11 heavy (non-hydrogen) atoms. The van der Waals surface area contributed by atoms with E-state index in [1.54, 1.807) is 0 Å². The number of alkyl halides is 2. The topological polar surface area (TPSA) is 17.1 Å². The molecule has 4 heteroatoms. The first-order chi connectivity index (χ1) is 5.12. The van der Waals surface area contributed by atoms with E-state index in [4.69, 9.17) is 0 Å². The number of thioether (sulfide) groups is 1. The summed E-state index contributed by atoms with van der Waals surface area (Å²) in [6, 6.07) is 0. The second-order valence-corrected chi connectivity index (χ2v) is 3.93. The Balaban J connectivity index is 2.06. The summed E-state index contributed by atoms with van der Waals surface area (Å²) < 4.78 is 26.1. The average Bonchev–Trinajstić information content (AvgIpc) is 2.63. The molecule has 1 nitrogen and oxygen atoms in total. The molecule has 1 aliphatic heterocycles. The van der Waals surface area contributed by atoms with Crippen molar-refractivity contribution in [2.75, 3.05) is 5.75 Å². The summed E-state index contributed by atoms with van der Waals surface area (Å²) in [6.45, 7) is 0. The standard InChI is InChI=1S/C7H7F2OS/c8-7(9,4-1-2-4)5-3-11-6(5)10/h5H,1-3H2. The van der Waals surface area contributed by atoms with E-state index in [0.717, 1.165) is 11.8 Å². The van der Waals surface area contributed by atoms with E-state index in [2.05, 4.69) is 0 Å². The van der Waals surface area contributed by atoms with E-state index < -0.39 is 11.8 Å². The maximum Gasteiger partial charge on any atom is 0.265 e. The number of hydrogen-bond donors (Lipinski definition) is 0. The van der Waals surface area contributed by atoms with Crippen LogP contribution < -0.4 is 0 Å². The lowest BCUT2D eigenvalue weighted by molar-refractivity contribution is -0.125. The van der Waals surface area contributed by atoms with Gasteiger partial charge in [-0.15, -0.1) is 0 Å². The van der Waals surface area contributed by atoms with Gasteiger partial charge in [0.15, 0.2) is 5.12 Å². The second kappa shape index (κ2) is 2.19. The fraction of sp³-hybridized carbons (Fsp3) is 0.714. The van der Waals surface area contributed by atoms with Crippen LogP contribution in [0.1, 0.15) is 12.8 Å². The Hall–Kier alpha value is -0.120. The van der Waals surface area contributed by atoms with Gasteiger partial charge in [0, 0.05) is 11.7 Å². The van der Waals surface area contributed by atoms with Gasteiger partial charge in [-0.05, 0) is 12.8 Å². The predicted molar refractivity (Wildman–Crippen MR) is 38.4 cm³/mol. The molecule has 2 fully saturated rings. The molecule has 0 amide bonds. The van der Waals surface area contributed by atoms with E-state index in [1.165, 1.54) is 0 Å². The summed E-state index contributed by atoms with van der Waals surface area (Å²) in [6.07, 6.45) is 1.03. The molecule has 1 saturated carbocycles. The van der Waals surface area contributed by atoms with Crippen molar-refractivity contribution in [2.45, 2.75) is 18.8 Å². The van der Waals surface area contributed by atoms with E-state index in [-0.39, 0.29) is 11.0 Å². The fourth-order valence-electron chi connectivity index (χ4n) is 1.13. The highest BCUT2D eigenvalue weighted by Gasteiger charge is 2.58. The van der Waals surface area contributed by atoms with Crippen LogP contribution in [0.3, 0.4) is 0 Å². The summed E-state index contributed by atoms with van der Waals surface area (Å²) >= 11 is 1.01. The second-order valence-electron chi connectivity index (χ2n) is 2.91. The van der Waals surface area contributed by atoms with Crippen molar-refractivity contribution in [3.63, 3.8) is 0 Å². The molecule has 0 N–H and O–H groups in total. The molecule has 0 aromatic carbocycles. The molecule has 1 aliphatic carbocycles. The molecular formula is C7H7F2OS. The van der Waals surface area contributed by atoms with Gasteiger partial charge in [-0.1, -0.05) is 11.8 Å². The lowest BCUT2D eigenvalue weighted by Gasteiger charge is -2.30. The molecule has 1 heterocycles. The van der Waals surface area contributed by atoms with Crippen molar-refractivity contribution in [2.24, 2.45) is 5.92 Å². The van der Waals surface area contributed by atoms with Gasteiger partial charge in [0.25, 0.3) is 5.92 Å². The number of carbonyl (C=O) groups excluding carboxylic acids is 1. The predicted octanol–water partition coefficient (Wildman–Crippen LogP) is 1.88. The van der Waals surface area contributed by atoms with Crippen LogP contribution >= 0.6 is 11.8 Å². The van der Waals surface area contributed by atoms with Crippen LogP contribution in [0, 0.1) is 11.8 Å². The first kappa shape index (κ1) is 7.53. The smallest absolute Gasteiger partial charge is 0.265 e. The van der Waals surface area contributed by atoms with Crippen LogP contribution in [0.4, 0.5) is 8.78 Å². The third kappa shape index (κ3) is 1.08. The first-order valence-electron chi connectivity index (χ1n) is 3.52. The highest BCUT2D eigenvalue weighted by molar-refractivity contribution is 8.15. The van der Waals surface area contributed by atoms with Crippen molar-refractivity contribution in [1.82, 2.24) is 0 Å². The van der Waals surface area contributed by atoms with Gasteiger partial charge < -0.3 is 0 Å². The number of rotatable bonds is 2. The first-order valence-corrected chi connectivity index (χ1v) is 4.50. The number of hydrogen-bond acceptors (Lipinski definition) is 2. The molecule has 1 unspecified atom stereocenters. The maximum absolute atomic E-state index is 13.0. The molecule has 0 aromatic rings. The van der Waals surface area contributed by atoms with Gasteiger partial charge in [0.2, 0.25) is 0 Å². The largest absolute Gasteiger partial charge is 0.287 e. The van der Waals surface area contributed by atoms with E-state index >= 15 is 0 Å². The lowest BCUT2D eigenvalue weighted by Crippen LogP contribution is -2.42. The van der Waals surface area contributed by atoms with Crippen LogP contribution in [0.15, 0.2) is 0 Å². The number of carbonyl (C=O) groups is 1. The van der Waals surface area contributed by atoms with Crippen LogP contribution in [-0.4, -0.2) is 16.8 Å².